The highest BCUT2D eigenvalue weighted by Gasteiger charge is 2.17. The fourth-order valence-electron chi connectivity index (χ4n) is 2.74. The van der Waals surface area contributed by atoms with Crippen LogP contribution < -0.4 is 9.54 Å². The first kappa shape index (κ1) is 21.4. The molecule has 0 atom stereocenters. The SMILES string of the molecule is CCOC(=O)Cn1c(=NC(=O)Cc2ccc(OC)cc2)sc2c(Cl)ccc(Cl)c21. The Balaban J connectivity index is 2.01. The van der Waals surface area contributed by atoms with Gasteiger partial charge in [0.2, 0.25) is 0 Å². The van der Waals surface area contributed by atoms with Crippen molar-refractivity contribution in [3.8, 4) is 5.75 Å². The molecule has 0 spiro atoms. The second-order valence-electron chi connectivity index (χ2n) is 6.01. The average molecular weight is 453 g/mol. The summed E-state index contributed by atoms with van der Waals surface area (Å²) in [5.41, 5.74) is 1.35. The summed E-state index contributed by atoms with van der Waals surface area (Å²) >= 11 is 13.8. The number of benzene rings is 2. The highest BCUT2D eigenvalue weighted by molar-refractivity contribution is 7.17. The summed E-state index contributed by atoms with van der Waals surface area (Å²) in [4.78, 5) is 29.2. The van der Waals surface area contributed by atoms with Gasteiger partial charge in [0.05, 0.1) is 40.4 Å². The van der Waals surface area contributed by atoms with Crippen LogP contribution in [-0.4, -0.2) is 30.2 Å². The predicted molar refractivity (Wildman–Crippen MR) is 114 cm³/mol. The lowest BCUT2D eigenvalue weighted by Crippen LogP contribution is -2.23. The molecule has 152 valence electrons. The molecule has 0 saturated carbocycles. The molecule has 3 rings (SSSR count). The van der Waals surface area contributed by atoms with Gasteiger partial charge in [-0.15, -0.1) is 0 Å². The van der Waals surface area contributed by atoms with Gasteiger partial charge in [0.15, 0.2) is 4.80 Å². The molecule has 0 radical (unpaired) electrons. The van der Waals surface area contributed by atoms with Gasteiger partial charge in [-0.05, 0) is 36.8 Å². The number of thiazole rings is 1. The molecule has 2 aromatic carbocycles. The van der Waals surface area contributed by atoms with Crippen molar-refractivity contribution in [3.05, 3.63) is 56.8 Å². The molecule has 0 aliphatic carbocycles. The van der Waals surface area contributed by atoms with E-state index in [0.29, 0.717) is 30.8 Å². The zero-order chi connectivity index (χ0) is 21.0. The van der Waals surface area contributed by atoms with E-state index in [1.165, 1.54) is 11.3 Å². The van der Waals surface area contributed by atoms with Gasteiger partial charge >= 0.3 is 5.97 Å². The zero-order valence-corrected chi connectivity index (χ0v) is 18.1. The van der Waals surface area contributed by atoms with Gasteiger partial charge in [-0.1, -0.05) is 46.7 Å². The third-order valence-electron chi connectivity index (χ3n) is 4.06. The van der Waals surface area contributed by atoms with E-state index in [9.17, 15) is 9.59 Å². The van der Waals surface area contributed by atoms with Gasteiger partial charge in [0, 0.05) is 0 Å². The minimum atomic E-state index is -0.452. The first-order valence-electron chi connectivity index (χ1n) is 8.76. The maximum Gasteiger partial charge on any atom is 0.326 e. The smallest absolute Gasteiger partial charge is 0.326 e. The van der Waals surface area contributed by atoms with Gasteiger partial charge in [0.25, 0.3) is 5.91 Å². The van der Waals surface area contributed by atoms with Gasteiger partial charge in [-0.2, -0.15) is 4.99 Å². The number of fused-ring (bicyclic) bond motifs is 1. The lowest BCUT2D eigenvalue weighted by molar-refractivity contribution is -0.143. The largest absolute Gasteiger partial charge is 0.497 e. The highest BCUT2D eigenvalue weighted by atomic mass is 35.5. The highest BCUT2D eigenvalue weighted by Crippen LogP contribution is 2.32. The summed E-state index contributed by atoms with van der Waals surface area (Å²) in [5.74, 6) is -0.0990. The number of esters is 1. The summed E-state index contributed by atoms with van der Waals surface area (Å²) < 4.78 is 12.4. The molecule has 1 heterocycles. The Labute approximate surface area is 181 Å². The first-order chi connectivity index (χ1) is 13.9. The zero-order valence-electron chi connectivity index (χ0n) is 15.8. The van der Waals surface area contributed by atoms with Crippen molar-refractivity contribution in [3.63, 3.8) is 0 Å². The third kappa shape index (κ3) is 4.98. The van der Waals surface area contributed by atoms with Crippen molar-refractivity contribution in [1.29, 1.82) is 0 Å². The van der Waals surface area contributed by atoms with Crippen LogP contribution in [0.5, 0.6) is 5.75 Å². The number of methoxy groups -OCH3 is 1. The fraction of sp³-hybridized carbons (Fsp3) is 0.250. The molecule has 29 heavy (non-hydrogen) atoms. The Morgan fingerprint density at radius 1 is 1.10 bits per heavy atom. The lowest BCUT2D eigenvalue weighted by Gasteiger charge is -2.06. The summed E-state index contributed by atoms with van der Waals surface area (Å²) in [6.45, 7) is 1.85. The maximum atomic E-state index is 12.6. The van der Waals surface area contributed by atoms with Crippen LogP contribution in [-0.2, 0) is 27.3 Å². The van der Waals surface area contributed by atoms with Crippen LogP contribution in [0.25, 0.3) is 10.2 Å². The normalized spacial score (nSPS) is 11.7. The van der Waals surface area contributed by atoms with E-state index in [1.54, 1.807) is 55.0 Å². The number of ether oxygens (including phenoxy) is 2. The minimum absolute atomic E-state index is 0.110. The Morgan fingerprint density at radius 3 is 2.45 bits per heavy atom. The predicted octanol–water partition coefficient (Wildman–Crippen LogP) is 4.25. The Hall–Kier alpha value is -2.35. The molecule has 0 fully saturated rings. The maximum absolute atomic E-state index is 12.6. The van der Waals surface area contributed by atoms with Crippen molar-refractivity contribution in [1.82, 2.24) is 4.57 Å². The quantitative estimate of drug-likeness (QED) is 0.524. The molecule has 0 N–H and O–H groups in total. The number of carbonyl (C=O) groups excluding carboxylic acids is 2. The number of halogens is 2. The van der Waals surface area contributed by atoms with Crippen LogP contribution in [0.1, 0.15) is 12.5 Å². The molecule has 0 aliphatic heterocycles. The molecule has 3 aromatic rings. The van der Waals surface area contributed by atoms with E-state index in [0.717, 1.165) is 5.56 Å². The molecule has 0 bridgehead atoms. The standard InChI is InChI=1S/C20H18Cl2N2O4S/c1-3-28-17(26)11-24-18-14(21)8-9-15(22)19(18)29-20(24)23-16(25)10-12-4-6-13(27-2)7-5-12/h4-9H,3,10-11H2,1-2H3. The molecular formula is C20H18Cl2N2O4S. The van der Waals surface area contributed by atoms with Gasteiger partial charge in [-0.3, -0.25) is 9.59 Å². The van der Waals surface area contributed by atoms with E-state index >= 15 is 0 Å². The van der Waals surface area contributed by atoms with Gasteiger partial charge in [-0.25, -0.2) is 0 Å². The lowest BCUT2D eigenvalue weighted by atomic mass is 10.1. The van der Waals surface area contributed by atoms with Crippen LogP contribution >= 0.6 is 34.5 Å². The Kier molecular flexibility index (Phi) is 6.95. The number of aromatic nitrogens is 1. The van der Waals surface area contributed by atoms with Crippen molar-refractivity contribution in [2.24, 2.45) is 4.99 Å². The van der Waals surface area contributed by atoms with Gasteiger partial charge < -0.3 is 14.0 Å². The first-order valence-corrected chi connectivity index (χ1v) is 10.3. The van der Waals surface area contributed by atoms with E-state index in [4.69, 9.17) is 32.7 Å². The molecule has 9 heteroatoms. The number of hydrogen-bond donors (Lipinski definition) is 0. The summed E-state index contributed by atoms with van der Waals surface area (Å²) in [6.07, 6.45) is 0.110. The van der Waals surface area contributed by atoms with Gasteiger partial charge in [0.1, 0.15) is 12.3 Å². The van der Waals surface area contributed by atoms with E-state index in [1.807, 2.05) is 0 Å². The van der Waals surface area contributed by atoms with Crippen molar-refractivity contribution < 1.29 is 19.1 Å². The summed E-state index contributed by atoms with van der Waals surface area (Å²) in [6, 6.07) is 10.5. The molecule has 1 amide bonds. The van der Waals surface area contributed by atoms with Crippen molar-refractivity contribution in [2.75, 3.05) is 13.7 Å². The van der Waals surface area contributed by atoms with E-state index in [2.05, 4.69) is 4.99 Å². The van der Waals surface area contributed by atoms with Crippen molar-refractivity contribution >= 4 is 56.6 Å². The van der Waals surface area contributed by atoms with Crippen LogP contribution in [0.15, 0.2) is 41.4 Å². The van der Waals surface area contributed by atoms with Crippen LogP contribution in [0.2, 0.25) is 10.0 Å². The second-order valence-corrected chi connectivity index (χ2v) is 7.81. The van der Waals surface area contributed by atoms with Crippen molar-refractivity contribution in [2.45, 2.75) is 19.9 Å². The van der Waals surface area contributed by atoms with Crippen LogP contribution in [0, 0.1) is 0 Å². The van der Waals surface area contributed by atoms with Crippen LogP contribution in [0.4, 0.5) is 0 Å². The second kappa shape index (κ2) is 9.43. The summed E-state index contributed by atoms with van der Waals surface area (Å²) in [5, 5.41) is 0.880. The minimum Gasteiger partial charge on any atom is -0.497 e. The number of rotatable bonds is 6. The summed E-state index contributed by atoms with van der Waals surface area (Å²) in [7, 11) is 1.58. The third-order valence-corrected chi connectivity index (χ3v) is 5.90. The number of carbonyl (C=O) groups is 2. The number of amides is 1. The molecule has 0 saturated heterocycles. The molecule has 0 unspecified atom stereocenters. The Bertz CT molecular complexity index is 1120. The van der Waals surface area contributed by atoms with E-state index in [-0.39, 0.29) is 25.5 Å². The molecule has 0 aliphatic rings. The molecule has 6 nitrogen and oxygen atoms in total. The fourth-order valence-corrected chi connectivity index (χ4v) is 4.41. The molecule has 1 aromatic heterocycles. The average Bonchev–Trinajstić information content (AvgIpc) is 3.04. The van der Waals surface area contributed by atoms with Crippen LogP contribution in [0.3, 0.4) is 0 Å². The molecular weight excluding hydrogens is 435 g/mol. The Morgan fingerprint density at radius 2 is 1.79 bits per heavy atom. The number of nitrogens with zero attached hydrogens (tertiary/aromatic N) is 2. The topological polar surface area (TPSA) is 69.9 Å². The number of hydrogen-bond acceptors (Lipinski definition) is 5. The monoisotopic (exact) mass is 452 g/mol. The van der Waals surface area contributed by atoms with E-state index < -0.39 is 5.97 Å².